The lowest BCUT2D eigenvalue weighted by molar-refractivity contribution is -0.118. The SMILES string of the molecule is O=C(CCc1ccccc1)C1=C(O)C(=O)N(c2cccc3ccccc23)C1c1ccccn1. The first kappa shape index (κ1) is 20.6. The molecule has 1 amide bonds. The number of rotatable bonds is 6. The van der Waals surface area contributed by atoms with E-state index in [0.717, 1.165) is 16.3 Å². The van der Waals surface area contributed by atoms with E-state index in [1.807, 2.05) is 78.9 Å². The minimum atomic E-state index is -0.798. The van der Waals surface area contributed by atoms with Crippen LogP contribution in [0.3, 0.4) is 0 Å². The van der Waals surface area contributed by atoms with Crippen molar-refractivity contribution in [2.24, 2.45) is 0 Å². The number of aromatic nitrogens is 1. The van der Waals surface area contributed by atoms with Crippen LogP contribution in [0.4, 0.5) is 5.69 Å². The molecule has 0 bridgehead atoms. The Balaban J connectivity index is 1.58. The Morgan fingerprint density at radius 3 is 2.39 bits per heavy atom. The first-order chi connectivity index (χ1) is 16.1. The number of nitrogens with zero attached hydrogens (tertiary/aromatic N) is 2. The summed E-state index contributed by atoms with van der Waals surface area (Å²) in [5, 5.41) is 12.7. The number of pyridine rings is 1. The molecule has 1 aliphatic rings. The summed E-state index contributed by atoms with van der Waals surface area (Å²) in [5.74, 6) is -1.36. The molecule has 0 fully saturated rings. The largest absolute Gasteiger partial charge is 0.503 e. The van der Waals surface area contributed by atoms with E-state index in [0.29, 0.717) is 17.8 Å². The van der Waals surface area contributed by atoms with Gasteiger partial charge in [0, 0.05) is 18.0 Å². The van der Waals surface area contributed by atoms with Gasteiger partial charge in [-0.2, -0.15) is 0 Å². The van der Waals surface area contributed by atoms with Crippen LogP contribution >= 0.6 is 0 Å². The molecule has 1 N–H and O–H groups in total. The van der Waals surface area contributed by atoms with Crippen molar-refractivity contribution in [1.82, 2.24) is 4.98 Å². The molecular weight excluding hydrogens is 412 g/mol. The third-order valence-electron chi connectivity index (χ3n) is 5.99. The predicted octanol–water partition coefficient (Wildman–Crippen LogP) is 5.34. The fraction of sp³-hybridized carbons (Fsp3) is 0.107. The first-order valence-electron chi connectivity index (χ1n) is 10.9. The topological polar surface area (TPSA) is 70.5 Å². The summed E-state index contributed by atoms with van der Waals surface area (Å²) >= 11 is 0. The summed E-state index contributed by atoms with van der Waals surface area (Å²) in [6.45, 7) is 0. The number of carbonyl (C=O) groups is 2. The highest BCUT2D eigenvalue weighted by molar-refractivity contribution is 6.18. The van der Waals surface area contributed by atoms with Crippen molar-refractivity contribution in [3.05, 3.63) is 120 Å². The second-order valence-corrected chi connectivity index (χ2v) is 8.00. The van der Waals surface area contributed by atoms with Gasteiger partial charge in [-0.3, -0.25) is 19.5 Å². The van der Waals surface area contributed by atoms with E-state index in [4.69, 9.17) is 0 Å². The summed E-state index contributed by atoms with van der Waals surface area (Å²) in [6, 6.07) is 27.7. The zero-order valence-corrected chi connectivity index (χ0v) is 17.9. The number of anilines is 1. The Labute approximate surface area is 191 Å². The zero-order valence-electron chi connectivity index (χ0n) is 17.9. The molecule has 3 aromatic carbocycles. The molecule has 1 aliphatic heterocycles. The quantitative estimate of drug-likeness (QED) is 0.445. The Kier molecular flexibility index (Phi) is 5.45. The molecule has 0 saturated carbocycles. The van der Waals surface area contributed by atoms with Gasteiger partial charge in [-0.15, -0.1) is 0 Å². The van der Waals surface area contributed by atoms with Crippen LogP contribution in [0.5, 0.6) is 0 Å². The number of carbonyl (C=O) groups excluding carboxylic acids is 2. The van der Waals surface area contributed by atoms with Crippen LogP contribution in [0.1, 0.15) is 23.7 Å². The summed E-state index contributed by atoms with van der Waals surface area (Å²) < 4.78 is 0. The predicted molar refractivity (Wildman–Crippen MR) is 128 cm³/mol. The fourth-order valence-corrected chi connectivity index (χ4v) is 4.41. The van der Waals surface area contributed by atoms with Crippen LogP contribution in [0, 0.1) is 0 Å². The van der Waals surface area contributed by atoms with E-state index in [1.54, 1.807) is 18.3 Å². The van der Waals surface area contributed by atoms with Gasteiger partial charge in [0.05, 0.1) is 17.0 Å². The Hall–Kier alpha value is -4.25. The third-order valence-corrected chi connectivity index (χ3v) is 5.99. The molecule has 162 valence electrons. The molecule has 2 heterocycles. The number of aliphatic hydroxyl groups is 1. The second kappa shape index (κ2) is 8.71. The maximum atomic E-state index is 13.4. The monoisotopic (exact) mass is 434 g/mol. The van der Waals surface area contributed by atoms with Crippen molar-refractivity contribution in [1.29, 1.82) is 0 Å². The van der Waals surface area contributed by atoms with Crippen LogP contribution in [0.25, 0.3) is 10.8 Å². The molecule has 5 rings (SSSR count). The van der Waals surface area contributed by atoms with E-state index in [1.165, 1.54) is 4.90 Å². The maximum Gasteiger partial charge on any atom is 0.294 e. The minimum absolute atomic E-state index is 0.0996. The van der Waals surface area contributed by atoms with Crippen LogP contribution < -0.4 is 4.90 Å². The Morgan fingerprint density at radius 1 is 0.879 bits per heavy atom. The molecule has 0 radical (unpaired) electrons. The lowest BCUT2D eigenvalue weighted by atomic mass is 9.95. The van der Waals surface area contributed by atoms with E-state index in [-0.39, 0.29) is 17.8 Å². The Morgan fingerprint density at radius 2 is 1.61 bits per heavy atom. The van der Waals surface area contributed by atoms with Gasteiger partial charge in [-0.25, -0.2) is 0 Å². The smallest absolute Gasteiger partial charge is 0.294 e. The lowest BCUT2D eigenvalue weighted by Crippen LogP contribution is -2.31. The average Bonchev–Trinajstić information content (AvgIpc) is 3.13. The summed E-state index contributed by atoms with van der Waals surface area (Å²) in [6.07, 6.45) is 2.33. The number of amides is 1. The number of ketones is 1. The van der Waals surface area contributed by atoms with E-state index in [2.05, 4.69) is 4.98 Å². The summed E-state index contributed by atoms with van der Waals surface area (Å²) in [5.41, 5.74) is 2.29. The highest BCUT2D eigenvalue weighted by atomic mass is 16.3. The van der Waals surface area contributed by atoms with Gasteiger partial charge < -0.3 is 5.11 Å². The van der Waals surface area contributed by atoms with Crippen LogP contribution in [0.15, 0.2) is 109 Å². The summed E-state index contributed by atoms with van der Waals surface area (Å²) in [4.78, 5) is 32.7. The molecule has 0 spiro atoms. The van der Waals surface area contributed by atoms with E-state index < -0.39 is 17.7 Å². The van der Waals surface area contributed by atoms with Gasteiger partial charge in [-0.1, -0.05) is 72.8 Å². The second-order valence-electron chi connectivity index (χ2n) is 8.00. The van der Waals surface area contributed by atoms with Gasteiger partial charge in [0.1, 0.15) is 6.04 Å². The minimum Gasteiger partial charge on any atom is -0.503 e. The van der Waals surface area contributed by atoms with Crippen molar-refractivity contribution in [2.75, 3.05) is 4.90 Å². The molecule has 1 unspecified atom stereocenters. The molecule has 0 saturated heterocycles. The Bertz CT molecular complexity index is 1360. The van der Waals surface area contributed by atoms with Crippen molar-refractivity contribution < 1.29 is 14.7 Å². The van der Waals surface area contributed by atoms with Crippen molar-refractivity contribution in [2.45, 2.75) is 18.9 Å². The number of Topliss-reactive ketones (excluding diaryl/α,β-unsaturated/α-hetero) is 1. The molecule has 5 heteroatoms. The van der Waals surface area contributed by atoms with Crippen molar-refractivity contribution >= 4 is 28.2 Å². The number of aryl methyl sites for hydroxylation is 1. The van der Waals surface area contributed by atoms with Gasteiger partial charge in [0.2, 0.25) is 0 Å². The molecule has 4 aromatic rings. The molecular formula is C28H22N2O3. The molecule has 5 nitrogen and oxygen atoms in total. The highest BCUT2D eigenvalue weighted by Gasteiger charge is 2.45. The van der Waals surface area contributed by atoms with Gasteiger partial charge in [0.25, 0.3) is 5.91 Å². The van der Waals surface area contributed by atoms with Crippen LogP contribution in [-0.2, 0) is 16.0 Å². The number of hydrogen-bond acceptors (Lipinski definition) is 4. The number of hydrogen-bond donors (Lipinski definition) is 1. The normalized spacial score (nSPS) is 15.9. The molecule has 1 atom stereocenters. The number of aliphatic hydroxyl groups excluding tert-OH is 1. The fourth-order valence-electron chi connectivity index (χ4n) is 4.41. The first-order valence-corrected chi connectivity index (χ1v) is 10.9. The third kappa shape index (κ3) is 3.78. The van der Waals surface area contributed by atoms with Gasteiger partial charge >= 0.3 is 0 Å². The lowest BCUT2D eigenvalue weighted by Gasteiger charge is -2.27. The van der Waals surface area contributed by atoms with Crippen molar-refractivity contribution in [3.63, 3.8) is 0 Å². The maximum absolute atomic E-state index is 13.4. The summed E-state index contributed by atoms with van der Waals surface area (Å²) in [7, 11) is 0. The van der Waals surface area contributed by atoms with Crippen LogP contribution in [0.2, 0.25) is 0 Å². The zero-order chi connectivity index (χ0) is 22.8. The average molecular weight is 434 g/mol. The van der Waals surface area contributed by atoms with Gasteiger partial charge in [-0.05, 0) is 35.6 Å². The number of benzene rings is 3. The molecule has 1 aromatic heterocycles. The highest BCUT2D eigenvalue weighted by Crippen LogP contribution is 2.43. The molecule has 33 heavy (non-hydrogen) atoms. The molecule has 0 aliphatic carbocycles. The van der Waals surface area contributed by atoms with Crippen molar-refractivity contribution in [3.8, 4) is 0 Å². The standard InChI is InChI=1S/C28H22N2O3/c31-24(17-16-19-9-2-1-3-10-19)25-26(22-14-6-7-18-29-22)30(28(33)27(25)32)23-15-8-12-20-11-4-5-13-21(20)23/h1-15,18,26,32H,16-17H2. The number of fused-ring (bicyclic) bond motifs is 1. The van der Waals surface area contributed by atoms with E-state index in [9.17, 15) is 14.7 Å². The van der Waals surface area contributed by atoms with Crippen LogP contribution in [-0.4, -0.2) is 21.8 Å². The van der Waals surface area contributed by atoms with E-state index >= 15 is 0 Å². The van der Waals surface area contributed by atoms with Gasteiger partial charge in [0.15, 0.2) is 11.5 Å².